The topological polar surface area (TPSA) is 115 Å². The molecule has 1 fully saturated rings. The summed E-state index contributed by atoms with van der Waals surface area (Å²) in [7, 11) is 0. The van der Waals surface area contributed by atoms with Gasteiger partial charge in [0.05, 0.1) is 23.1 Å². The van der Waals surface area contributed by atoms with Gasteiger partial charge in [-0.3, -0.25) is 14.3 Å². The van der Waals surface area contributed by atoms with Crippen LogP contribution in [0.1, 0.15) is 51.8 Å². The molecule has 192 valence electrons. The van der Waals surface area contributed by atoms with Crippen molar-refractivity contribution in [3.63, 3.8) is 0 Å². The number of aryl methyl sites for hydroxylation is 1. The summed E-state index contributed by atoms with van der Waals surface area (Å²) in [6, 6.07) is 2.78. The van der Waals surface area contributed by atoms with E-state index in [2.05, 4.69) is 15.3 Å². The zero-order valence-electron chi connectivity index (χ0n) is 21.1. The van der Waals surface area contributed by atoms with Gasteiger partial charge in [-0.25, -0.2) is 14.2 Å². The third kappa shape index (κ3) is 4.69. The van der Waals surface area contributed by atoms with E-state index < -0.39 is 23.1 Å². The first-order chi connectivity index (χ1) is 16.8. The summed E-state index contributed by atoms with van der Waals surface area (Å²) in [6.07, 6.45) is 1.25. The van der Waals surface area contributed by atoms with Gasteiger partial charge in [0.25, 0.3) is 5.56 Å². The number of likely N-dealkylation sites (tertiary alicyclic amines) is 1. The number of ether oxygens (including phenoxy) is 1. The molecule has 9 nitrogen and oxygen atoms in total. The maximum absolute atomic E-state index is 14.6. The predicted octanol–water partition coefficient (Wildman–Crippen LogP) is 4.62. The molecule has 0 unspecified atom stereocenters. The molecule has 0 saturated carbocycles. The number of rotatable bonds is 4. The zero-order valence-corrected chi connectivity index (χ0v) is 21.9. The Morgan fingerprint density at radius 1 is 1.33 bits per heavy atom. The van der Waals surface area contributed by atoms with Crippen molar-refractivity contribution in [1.82, 2.24) is 19.4 Å². The Balaban J connectivity index is 1.81. The summed E-state index contributed by atoms with van der Waals surface area (Å²) in [5.41, 5.74) is 7.52. The van der Waals surface area contributed by atoms with E-state index in [1.54, 1.807) is 33.0 Å². The number of carbonyl (C=O) groups excluding carboxylic acids is 1. The number of amides is 1. The molecule has 0 aromatic carbocycles. The Morgan fingerprint density at radius 2 is 2.00 bits per heavy atom. The van der Waals surface area contributed by atoms with Crippen LogP contribution in [0, 0.1) is 12.7 Å². The Bertz CT molecular complexity index is 1410. The summed E-state index contributed by atoms with van der Waals surface area (Å²) in [5, 5.41) is 3.13. The predicted molar refractivity (Wildman–Crippen MR) is 139 cm³/mol. The maximum atomic E-state index is 14.6. The quantitative estimate of drug-likeness (QED) is 0.486. The van der Waals surface area contributed by atoms with Crippen LogP contribution < -0.4 is 16.6 Å². The molecular formula is C25H30ClFN6O3. The lowest BCUT2D eigenvalue weighted by molar-refractivity contribution is 0.0105. The number of nitrogens with one attached hydrogen (secondary N) is 1. The lowest BCUT2D eigenvalue weighted by Crippen LogP contribution is -2.58. The van der Waals surface area contributed by atoms with Crippen LogP contribution in [0.4, 0.5) is 20.6 Å². The second-order valence-electron chi connectivity index (χ2n) is 10.3. The number of aromatic nitrogens is 3. The molecule has 1 aliphatic heterocycles. The highest BCUT2D eigenvalue weighted by molar-refractivity contribution is 6.30. The normalized spacial score (nSPS) is 14.3. The smallest absolute Gasteiger partial charge is 0.410 e. The van der Waals surface area contributed by atoms with E-state index in [-0.39, 0.29) is 34.1 Å². The summed E-state index contributed by atoms with van der Waals surface area (Å²) in [6.45, 7) is 11.8. The molecule has 0 radical (unpaired) electrons. The minimum absolute atomic E-state index is 0.00869. The number of nitrogen functional groups attached to an aromatic ring is 1. The van der Waals surface area contributed by atoms with Gasteiger partial charge in [0.2, 0.25) is 0 Å². The average Bonchev–Trinajstić information content (AvgIpc) is 2.73. The van der Waals surface area contributed by atoms with Crippen molar-refractivity contribution in [1.29, 1.82) is 0 Å². The van der Waals surface area contributed by atoms with Gasteiger partial charge in [-0.1, -0.05) is 25.4 Å². The number of halogens is 2. The third-order valence-corrected chi connectivity index (χ3v) is 6.17. The highest BCUT2D eigenvalue weighted by Gasteiger charge is 2.35. The Labute approximate surface area is 213 Å². The molecule has 4 heterocycles. The number of anilines is 2. The highest BCUT2D eigenvalue weighted by Crippen LogP contribution is 2.34. The van der Waals surface area contributed by atoms with Crippen molar-refractivity contribution < 1.29 is 13.9 Å². The van der Waals surface area contributed by atoms with E-state index in [0.717, 1.165) is 5.56 Å². The summed E-state index contributed by atoms with van der Waals surface area (Å²) in [5.74, 6) is -0.751. The summed E-state index contributed by atoms with van der Waals surface area (Å²) in [4.78, 5) is 36.2. The number of carbonyl (C=O) groups is 1. The first-order valence-corrected chi connectivity index (χ1v) is 12.1. The Kier molecular flexibility index (Phi) is 6.59. The van der Waals surface area contributed by atoms with Gasteiger partial charge in [0, 0.05) is 24.7 Å². The van der Waals surface area contributed by atoms with Crippen LogP contribution in [-0.4, -0.2) is 50.3 Å². The van der Waals surface area contributed by atoms with E-state index >= 15 is 0 Å². The average molecular weight is 517 g/mol. The van der Waals surface area contributed by atoms with Crippen LogP contribution in [0.15, 0.2) is 23.1 Å². The van der Waals surface area contributed by atoms with Crippen LogP contribution in [0.3, 0.4) is 0 Å². The molecule has 3 N–H and O–H groups in total. The third-order valence-electron chi connectivity index (χ3n) is 5.90. The fourth-order valence-corrected chi connectivity index (χ4v) is 4.31. The monoisotopic (exact) mass is 516 g/mol. The number of pyridine rings is 3. The van der Waals surface area contributed by atoms with Crippen molar-refractivity contribution in [3.8, 4) is 5.69 Å². The molecule has 1 saturated heterocycles. The number of nitrogens with zero attached hydrogens (tertiary/aromatic N) is 4. The summed E-state index contributed by atoms with van der Waals surface area (Å²) < 4.78 is 21.4. The fourth-order valence-electron chi connectivity index (χ4n) is 4.18. The molecule has 3 aromatic heterocycles. The molecule has 11 heteroatoms. The zero-order chi connectivity index (χ0) is 26.5. The highest BCUT2D eigenvalue weighted by atomic mass is 35.5. The van der Waals surface area contributed by atoms with Gasteiger partial charge in [-0.2, -0.15) is 0 Å². The standard InChI is InChI=1S/C25H30ClFN6O3/c1-12(2)18-20(13(3)7-8-29-18)33-22-15(9-16(27)21(26)31-22)19(17(28)23(33)34)30-14-10-32(11-14)24(35)36-25(4,5)6/h7-9,12,14,30H,10-11,28H2,1-6H3. The molecule has 0 aliphatic carbocycles. The van der Waals surface area contributed by atoms with Gasteiger partial charge in [0.1, 0.15) is 11.3 Å². The fraction of sp³-hybridized carbons (Fsp3) is 0.440. The van der Waals surface area contributed by atoms with E-state index in [1.165, 1.54) is 15.5 Å². The van der Waals surface area contributed by atoms with Crippen LogP contribution in [0.5, 0.6) is 0 Å². The Hall–Kier alpha value is -3.40. The molecule has 4 rings (SSSR count). The van der Waals surface area contributed by atoms with Crippen LogP contribution in [0.25, 0.3) is 16.7 Å². The van der Waals surface area contributed by atoms with E-state index in [0.29, 0.717) is 29.9 Å². The lowest BCUT2D eigenvalue weighted by atomic mass is 10.0. The van der Waals surface area contributed by atoms with Crippen LogP contribution in [0.2, 0.25) is 5.15 Å². The Morgan fingerprint density at radius 3 is 2.61 bits per heavy atom. The van der Waals surface area contributed by atoms with Crippen LogP contribution in [-0.2, 0) is 4.74 Å². The second-order valence-corrected chi connectivity index (χ2v) is 10.7. The van der Waals surface area contributed by atoms with Crippen LogP contribution >= 0.6 is 11.6 Å². The van der Waals surface area contributed by atoms with E-state index in [9.17, 15) is 14.0 Å². The van der Waals surface area contributed by atoms with Gasteiger partial charge >= 0.3 is 6.09 Å². The van der Waals surface area contributed by atoms with Gasteiger partial charge < -0.3 is 20.7 Å². The second kappa shape index (κ2) is 9.24. The molecule has 0 atom stereocenters. The minimum atomic E-state index is -0.743. The molecule has 1 amide bonds. The van der Waals surface area contributed by atoms with Gasteiger partial charge in [-0.15, -0.1) is 0 Å². The van der Waals surface area contributed by atoms with Crippen molar-refractivity contribution in [3.05, 3.63) is 50.9 Å². The first-order valence-electron chi connectivity index (χ1n) is 11.7. The van der Waals surface area contributed by atoms with Crippen molar-refractivity contribution in [2.45, 2.75) is 59.1 Å². The lowest BCUT2D eigenvalue weighted by Gasteiger charge is -2.40. The van der Waals surface area contributed by atoms with Crippen molar-refractivity contribution in [2.24, 2.45) is 0 Å². The maximum Gasteiger partial charge on any atom is 0.410 e. The number of fused-ring (bicyclic) bond motifs is 1. The molecule has 0 spiro atoms. The van der Waals surface area contributed by atoms with Crippen molar-refractivity contribution in [2.75, 3.05) is 24.1 Å². The molecule has 0 bridgehead atoms. The number of hydrogen-bond acceptors (Lipinski definition) is 7. The molecule has 36 heavy (non-hydrogen) atoms. The van der Waals surface area contributed by atoms with Crippen molar-refractivity contribution >= 4 is 40.1 Å². The molecular weight excluding hydrogens is 487 g/mol. The van der Waals surface area contributed by atoms with Gasteiger partial charge in [0.15, 0.2) is 16.6 Å². The van der Waals surface area contributed by atoms with Gasteiger partial charge in [-0.05, 0) is 51.3 Å². The summed E-state index contributed by atoms with van der Waals surface area (Å²) >= 11 is 6.06. The molecule has 3 aromatic rings. The largest absolute Gasteiger partial charge is 0.444 e. The first kappa shape index (κ1) is 25.7. The minimum Gasteiger partial charge on any atom is -0.444 e. The SMILES string of the molecule is Cc1ccnc(C(C)C)c1-n1c(=O)c(N)c(NC2CN(C(=O)OC(C)(C)C)C2)c2cc(F)c(Cl)nc21. The van der Waals surface area contributed by atoms with E-state index in [4.69, 9.17) is 22.1 Å². The van der Waals surface area contributed by atoms with E-state index in [1.807, 2.05) is 20.8 Å². The number of nitrogens with two attached hydrogens (primary N) is 1. The number of hydrogen-bond donors (Lipinski definition) is 2. The molecule has 1 aliphatic rings.